The van der Waals surface area contributed by atoms with Gasteiger partial charge in [-0.2, -0.15) is 23.3 Å². The van der Waals surface area contributed by atoms with Gasteiger partial charge in [0.25, 0.3) is 0 Å². The summed E-state index contributed by atoms with van der Waals surface area (Å²) < 4.78 is 92.5. The number of anilines is 3. The van der Waals surface area contributed by atoms with Crippen LogP contribution in [0.2, 0.25) is 0 Å². The van der Waals surface area contributed by atoms with E-state index < -0.39 is 29.7 Å². The van der Waals surface area contributed by atoms with Gasteiger partial charge in [-0.1, -0.05) is 6.07 Å². The molecule has 3 rings (SSSR count). The Labute approximate surface area is 175 Å². The number of nitrogens with zero attached hydrogens (tertiary/aromatic N) is 3. The molecule has 0 bridgehead atoms. The zero-order valence-electron chi connectivity index (χ0n) is 15.7. The lowest BCUT2D eigenvalue weighted by Crippen LogP contribution is -2.17. The number of alkyl halides is 6. The molecular weight excluding hydrogens is 447 g/mol. The predicted molar refractivity (Wildman–Crippen MR) is 101 cm³/mol. The van der Waals surface area contributed by atoms with Crippen LogP contribution in [0.4, 0.5) is 48.2 Å². The molecule has 1 heterocycles. The highest BCUT2D eigenvalue weighted by Crippen LogP contribution is 2.31. The molecule has 0 atom stereocenters. The Hall–Kier alpha value is -3.90. The van der Waals surface area contributed by atoms with Crippen molar-refractivity contribution in [2.45, 2.75) is 12.5 Å². The Bertz CT molecular complexity index is 1100. The normalized spacial score (nSPS) is 12.1. The van der Waals surface area contributed by atoms with E-state index in [1.54, 1.807) is 0 Å². The standard InChI is InChI=1S/C19H12F7N5O/c20-15-10-27-17(29-13-3-1-2-12(8-13)18(21,22)23)30-16(15)31-28-9-11-4-6-14(7-5-11)32-19(24,25)26/h1-10H,(H2,27,29,30,31). The van der Waals surface area contributed by atoms with Crippen molar-refractivity contribution in [2.75, 3.05) is 10.7 Å². The summed E-state index contributed by atoms with van der Waals surface area (Å²) in [5.74, 6) is -1.90. The van der Waals surface area contributed by atoms with Crippen LogP contribution < -0.4 is 15.5 Å². The van der Waals surface area contributed by atoms with Crippen molar-refractivity contribution in [3.05, 3.63) is 71.7 Å². The van der Waals surface area contributed by atoms with Gasteiger partial charge in [-0.25, -0.2) is 9.37 Å². The second kappa shape index (κ2) is 9.08. The van der Waals surface area contributed by atoms with Gasteiger partial charge in [-0.05, 0) is 48.0 Å². The fourth-order valence-corrected chi connectivity index (χ4v) is 2.33. The van der Waals surface area contributed by atoms with Gasteiger partial charge < -0.3 is 10.1 Å². The minimum atomic E-state index is -4.82. The molecule has 2 N–H and O–H groups in total. The number of benzene rings is 2. The van der Waals surface area contributed by atoms with E-state index in [0.29, 0.717) is 5.56 Å². The molecular formula is C19H12F7N5O. The second-order valence-corrected chi connectivity index (χ2v) is 6.08. The highest BCUT2D eigenvalue weighted by Gasteiger charge is 2.31. The average molecular weight is 459 g/mol. The molecule has 0 fully saturated rings. The number of hydrogen-bond acceptors (Lipinski definition) is 6. The number of hydrazone groups is 1. The summed E-state index contributed by atoms with van der Waals surface area (Å²) in [6, 6.07) is 8.95. The molecule has 13 heteroatoms. The summed E-state index contributed by atoms with van der Waals surface area (Å²) in [5.41, 5.74) is 1.79. The Morgan fingerprint density at radius 3 is 2.34 bits per heavy atom. The van der Waals surface area contributed by atoms with Crippen molar-refractivity contribution in [1.82, 2.24) is 9.97 Å². The number of aromatic nitrogens is 2. The van der Waals surface area contributed by atoms with Crippen LogP contribution in [0.25, 0.3) is 0 Å². The highest BCUT2D eigenvalue weighted by atomic mass is 19.4. The summed E-state index contributed by atoms with van der Waals surface area (Å²) in [6.45, 7) is 0. The molecule has 0 saturated heterocycles. The number of halogens is 7. The molecule has 1 aromatic heterocycles. The predicted octanol–water partition coefficient (Wildman–Crippen LogP) is 5.72. The van der Waals surface area contributed by atoms with Crippen LogP contribution >= 0.6 is 0 Å². The summed E-state index contributed by atoms with van der Waals surface area (Å²) in [6.07, 6.45) is -7.40. The van der Waals surface area contributed by atoms with Crippen molar-refractivity contribution < 1.29 is 35.5 Å². The SMILES string of the molecule is Fc1cnc(Nc2cccc(C(F)(F)F)c2)nc1NN=Cc1ccc(OC(F)(F)F)cc1. The topological polar surface area (TPSA) is 71.4 Å². The van der Waals surface area contributed by atoms with E-state index in [-0.39, 0.29) is 17.5 Å². The quantitative estimate of drug-likeness (QED) is 0.280. The first-order chi connectivity index (χ1) is 15.0. The Kier molecular flexibility index (Phi) is 6.46. The number of rotatable bonds is 6. The molecule has 0 aliphatic rings. The van der Waals surface area contributed by atoms with Crippen LogP contribution in [0.15, 0.2) is 59.8 Å². The van der Waals surface area contributed by atoms with Crippen molar-refractivity contribution >= 4 is 23.7 Å². The van der Waals surface area contributed by atoms with Crippen molar-refractivity contribution in [3.8, 4) is 5.75 Å². The Balaban J connectivity index is 1.67. The fourth-order valence-electron chi connectivity index (χ4n) is 2.33. The molecule has 168 valence electrons. The van der Waals surface area contributed by atoms with Gasteiger partial charge in [0.1, 0.15) is 5.75 Å². The van der Waals surface area contributed by atoms with Crippen LogP contribution in [0, 0.1) is 5.82 Å². The minimum Gasteiger partial charge on any atom is -0.406 e. The van der Waals surface area contributed by atoms with E-state index in [0.717, 1.165) is 30.5 Å². The highest BCUT2D eigenvalue weighted by molar-refractivity contribution is 5.80. The van der Waals surface area contributed by atoms with Crippen LogP contribution in [-0.2, 0) is 6.18 Å². The molecule has 6 nitrogen and oxygen atoms in total. The maximum atomic E-state index is 13.9. The van der Waals surface area contributed by atoms with E-state index >= 15 is 0 Å². The maximum absolute atomic E-state index is 13.9. The lowest BCUT2D eigenvalue weighted by atomic mass is 10.2. The van der Waals surface area contributed by atoms with E-state index in [2.05, 4.69) is 30.5 Å². The maximum Gasteiger partial charge on any atom is 0.573 e. The van der Waals surface area contributed by atoms with Gasteiger partial charge in [0.15, 0.2) is 11.6 Å². The smallest absolute Gasteiger partial charge is 0.406 e. The Morgan fingerprint density at radius 1 is 0.969 bits per heavy atom. The van der Waals surface area contributed by atoms with Crippen molar-refractivity contribution in [3.63, 3.8) is 0 Å². The monoisotopic (exact) mass is 459 g/mol. The molecule has 0 radical (unpaired) electrons. The first kappa shape index (κ1) is 22.8. The molecule has 2 aromatic carbocycles. The number of nitrogens with one attached hydrogen (secondary N) is 2. The third kappa shape index (κ3) is 6.55. The van der Waals surface area contributed by atoms with E-state index in [4.69, 9.17) is 0 Å². The van der Waals surface area contributed by atoms with Gasteiger partial charge >= 0.3 is 12.5 Å². The largest absolute Gasteiger partial charge is 0.573 e. The lowest BCUT2D eigenvalue weighted by Gasteiger charge is -2.10. The van der Waals surface area contributed by atoms with Gasteiger partial charge in [-0.15, -0.1) is 13.2 Å². The van der Waals surface area contributed by atoms with Crippen LogP contribution in [0.5, 0.6) is 5.75 Å². The summed E-state index contributed by atoms with van der Waals surface area (Å²) in [7, 11) is 0. The second-order valence-electron chi connectivity index (χ2n) is 6.08. The van der Waals surface area contributed by atoms with E-state index in [1.165, 1.54) is 30.5 Å². The molecule has 0 aliphatic carbocycles. The zero-order valence-corrected chi connectivity index (χ0v) is 15.7. The lowest BCUT2D eigenvalue weighted by molar-refractivity contribution is -0.274. The summed E-state index contributed by atoms with van der Waals surface area (Å²) in [4.78, 5) is 7.45. The van der Waals surface area contributed by atoms with Crippen LogP contribution in [-0.4, -0.2) is 22.5 Å². The van der Waals surface area contributed by atoms with Gasteiger partial charge in [-0.3, -0.25) is 5.43 Å². The first-order valence-corrected chi connectivity index (χ1v) is 8.61. The number of ether oxygens (including phenoxy) is 1. The fraction of sp³-hybridized carbons (Fsp3) is 0.105. The molecule has 0 amide bonds. The average Bonchev–Trinajstić information content (AvgIpc) is 2.70. The van der Waals surface area contributed by atoms with Crippen molar-refractivity contribution in [2.24, 2.45) is 5.10 Å². The summed E-state index contributed by atoms with van der Waals surface area (Å²) >= 11 is 0. The minimum absolute atomic E-state index is 0.0297. The zero-order chi connectivity index (χ0) is 23.4. The molecule has 3 aromatic rings. The Morgan fingerprint density at radius 2 is 1.69 bits per heavy atom. The third-order valence-electron chi connectivity index (χ3n) is 3.69. The van der Waals surface area contributed by atoms with Crippen LogP contribution in [0.1, 0.15) is 11.1 Å². The van der Waals surface area contributed by atoms with Gasteiger partial charge in [0.2, 0.25) is 5.95 Å². The molecule has 0 unspecified atom stereocenters. The molecule has 32 heavy (non-hydrogen) atoms. The van der Waals surface area contributed by atoms with Gasteiger partial charge in [0, 0.05) is 5.69 Å². The van der Waals surface area contributed by atoms with Gasteiger partial charge in [0.05, 0.1) is 18.0 Å². The van der Waals surface area contributed by atoms with E-state index in [1.807, 2.05) is 0 Å². The molecule has 0 spiro atoms. The summed E-state index contributed by atoms with van der Waals surface area (Å²) in [5, 5.41) is 6.26. The molecule has 0 aliphatic heterocycles. The van der Waals surface area contributed by atoms with E-state index in [9.17, 15) is 30.7 Å². The van der Waals surface area contributed by atoms with Crippen molar-refractivity contribution in [1.29, 1.82) is 0 Å². The number of hydrogen-bond donors (Lipinski definition) is 2. The van der Waals surface area contributed by atoms with Crippen LogP contribution in [0.3, 0.4) is 0 Å². The molecule has 0 saturated carbocycles. The first-order valence-electron chi connectivity index (χ1n) is 8.61. The third-order valence-corrected chi connectivity index (χ3v) is 3.69.